The molecule has 4 nitrogen and oxygen atoms in total. The van der Waals surface area contributed by atoms with Gasteiger partial charge in [-0.1, -0.05) is 90.3 Å². The van der Waals surface area contributed by atoms with E-state index in [0.717, 1.165) is 16.7 Å². The van der Waals surface area contributed by atoms with E-state index >= 15 is 0 Å². The summed E-state index contributed by atoms with van der Waals surface area (Å²) >= 11 is 18.2. The second-order valence-corrected chi connectivity index (χ2v) is 8.55. The predicted molar refractivity (Wildman–Crippen MR) is 130 cm³/mol. The van der Waals surface area contributed by atoms with E-state index in [1.54, 1.807) is 42.2 Å². The molecule has 0 aliphatic carbocycles. The minimum Gasteiger partial charge on any atom is -0.350 e. The summed E-state index contributed by atoms with van der Waals surface area (Å²) in [4.78, 5) is 28.0. The summed E-state index contributed by atoms with van der Waals surface area (Å²) < 4.78 is 0. The maximum atomic E-state index is 13.4. The van der Waals surface area contributed by atoms with Gasteiger partial charge in [0.2, 0.25) is 11.8 Å². The van der Waals surface area contributed by atoms with Crippen molar-refractivity contribution in [2.45, 2.75) is 32.5 Å². The molecule has 0 radical (unpaired) electrons. The molecule has 0 saturated heterocycles. The quantitative estimate of drug-likeness (QED) is 0.396. The second-order valence-electron chi connectivity index (χ2n) is 7.27. The fourth-order valence-corrected chi connectivity index (χ4v) is 3.97. The summed E-state index contributed by atoms with van der Waals surface area (Å²) in [6.45, 7) is 2.27. The highest BCUT2D eigenvalue weighted by Crippen LogP contribution is 2.26. The monoisotopic (exact) mass is 488 g/mol. The first-order valence-electron chi connectivity index (χ1n) is 10.2. The third-order valence-electron chi connectivity index (χ3n) is 5.03. The molecule has 0 saturated carbocycles. The molecule has 7 heteroatoms. The molecule has 0 spiro atoms. The van der Waals surface area contributed by atoms with Crippen molar-refractivity contribution < 1.29 is 9.59 Å². The van der Waals surface area contributed by atoms with Gasteiger partial charge in [0.05, 0.1) is 0 Å². The Kier molecular flexibility index (Phi) is 8.57. The van der Waals surface area contributed by atoms with Crippen LogP contribution < -0.4 is 5.32 Å². The van der Waals surface area contributed by atoms with Gasteiger partial charge in [0.1, 0.15) is 6.04 Å². The highest BCUT2D eigenvalue weighted by molar-refractivity contribution is 6.35. The Bertz CT molecular complexity index is 1070. The van der Waals surface area contributed by atoms with Gasteiger partial charge in [-0.2, -0.15) is 0 Å². The summed E-state index contributed by atoms with van der Waals surface area (Å²) in [6, 6.07) is 20.8. The number of halogens is 3. The Morgan fingerprint density at radius 3 is 2.19 bits per heavy atom. The van der Waals surface area contributed by atoms with Gasteiger partial charge < -0.3 is 10.2 Å². The van der Waals surface area contributed by atoms with Gasteiger partial charge in [-0.05, 0) is 41.0 Å². The van der Waals surface area contributed by atoms with Crippen LogP contribution >= 0.6 is 34.8 Å². The maximum absolute atomic E-state index is 13.4. The minimum atomic E-state index is -0.801. The first kappa shape index (κ1) is 24.1. The van der Waals surface area contributed by atoms with Crippen molar-refractivity contribution in [3.8, 4) is 0 Å². The Labute approximate surface area is 203 Å². The van der Waals surface area contributed by atoms with E-state index in [9.17, 15) is 9.59 Å². The fourth-order valence-electron chi connectivity index (χ4n) is 3.37. The number of carbonyl (C=O) groups excluding carboxylic acids is 2. The Morgan fingerprint density at radius 1 is 0.906 bits per heavy atom. The number of hydrogen-bond acceptors (Lipinski definition) is 2. The molecule has 0 aliphatic rings. The molecule has 3 aromatic rings. The van der Waals surface area contributed by atoms with Crippen molar-refractivity contribution in [1.82, 2.24) is 10.2 Å². The molecule has 3 rings (SSSR count). The van der Waals surface area contributed by atoms with Crippen LogP contribution in [0.5, 0.6) is 0 Å². The molecule has 0 unspecified atom stereocenters. The largest absolute Gasteiger partial charge is 0.350 e. The van der Waals surface area contributed by atoms with Crippen LogP contribution in [-0.4, -0.2) is 16.7 Å². The van der Waals surface area contributed by atoms with Crippen molar-refractivity contribution in [3.05, 3.63) is 105 Å². The molecular weight excluding hydrogens is 467 g/mol. The lowest BCUT2D eigenvalue weighted by Gasteiger charge is -2.31. The van der Waals surface area contributed by atoms with Crippen molar-refractivity contribution in [2.75, 3.05) is 0 Å². The van der Waals surface area contributed by atoms with Crippen LogP contribution in [0.2, 0.25) is 15.1 Å². The van der Waals surface area contributed by atoms with Crippen LogP contribution in [-0.2, 0) is 22.7 Å². The molecule has 0 heterocycles. The summed E-state index contributed by atoms with van der Waals surface area (Å²) in [6.07, 6.45) is 0.271. The van der Waals surface area contributed by atoms with Gasteiger partial charge >= 0.3 is 0 Å². The van der Waals surface area contributed by atoms with Crippen molar-refractivity contribution in [3.63, 3.8) is 0 Å². The molecule has 3 aromatic carbocycles. The lowest BCUT2D eigenvalue weighted by Crippen LogP contribution is -2.43. The van der Waals surface area contributed by atoms with E-state index in [1.165, 1.54) is 0 Å². The first-order valence-corrected chi connectivity index (χ1v) is 11.3. The van der Waals surface area contributed by atoms with Gasteiger partial charge in [0.25, 0.3) is 0 Å². The maximum Gasteiger partial charge on any atom is 0.247 e. The van der Waals surface area contributed by atoms with Gasteiger partial charge in [-0.15, -0.1) is 0 Å². The molecule has 1 atom stereocenters. The van der Waals surface area contributed by atoms with Gasteiger partial charge in [0.15, 0.2) is 0 Å². The van der Waals surface area contributed by atoms with Crippen LogP contribution in [0.15, 0.2) is 72.8 Å². The predicted octanol–water partition coefficient (Wildman–Crippen LogP) is 6.44. The van der Waals surface area contributed by atoms with Gasteiger partial charge in [-0.3, -0.25) is 9.59 Å². The van der Waals surface area contributed by atoms with E-state index in [4.69, 9.17) is 34.8 Å². The van der Waals surface area contributed by atoms with Crippen molar-refractivity contribution >= 4 is 46.6 Å². The smallest absolute Gasteiger partial charge is 0.247 e. The van der Waals surface area contributed by atoms with Crippen LogP contribution in [0.25, 0.3) is 0 Å². The number of benzene rings is 3. The molecule has 0 aromatic heterocycles. The number of rotatable bonds is 8. The zero-order valence-electron chi connectivity index (χ0n) is 17.5. The zero-order valence-corrected chi connectivity index (χ0v) is 19.8. The lowest BCUT2D eigenvalue weighted by atomic mass is 10.0. The molecule has 1 N–H and O–H groups in total. The summed E-state index contributed by atoms with van der Waals surface area (Å²) in [5, 5.41) is 4.53. The average Bonchev–Trinajstić information content (AvgIpc) is 2.79. The van der Waals surface area contributed by atoms with E-state index < -0.39 is 6.04 Å². The number of nitrogens with zero attached hydrogens (tertiary/aromatic N) is 1. The normalized spacial score (nSPS) is 11.6. The number of amides is 2. The Hall–Kier alpha value is -2.53. The summed E-state index contributed by atoms with van der Waals surface area (Å²) in [5.74, 6) is -0.425. The molecule has 0 fully saturated rings. The number of hydrogen-bond donors (Lipinski definition) is 1. The number of nitrogens with one attached hydrogen (secondary N) is 1. The van der Waals surface area contributed by atoms with E-state index in [1.807, 2.05) is 42.5 Å². The van der Waals surface area contributed by atoms with Crippen LogP contribution in [0.4, 0.5) is 0 Å². The van der Waals surface area contributed by atoms with Crippen molar-refractivity contribution in [1.29, 1.82) is 0 Å². The first-order chi connectivity index (χ1) is 15.4. The summed E-state index contributed by atoms with van der Waals surface area (Å²) in [7, 11) is 0. The van der Waals surface area contributed by atoms with Gasteiger partial charge in [0, 0.05) is 34.6 Å². The molecule has 32 heavy (non-hydrogen) atoms. The highest BCUT2D eigenvalue weighted by atomic mass is 35.5. The third-order valence-corrected chi connectivity index (χ3v) is 5.87. The molecule has 166 valence electrons. The molecule has 0 aliphatic heterocycles. The third kappa shape index (κ3) is 6.26. The SMILES string of the molecule is CCC(=O)N(Cc1ccc(Cl)cc1)[C@@H](C(=O)NCc1ccc(Cl)cc1Cl)c1ccccc1. The topological polar surface area (TPSA) is 49.4 Å². The minimum absolute atomic E-state index is 0.131. The zero-order chi connectivity index (χ0) is 23.1. The average molecular weight is 490 g/mol. The van der Waals surface area contributed by atoms with Crippen LogP contribution in [0.3, 0.4) is 0 Å². The van der Waals surface area contributed by atoms with E-state index in [-0.39, 0.29) is 31.3 Å². The van der Waals surface area contributed by atoms with Crippen LogP contribution in [0, 0.1) is 0 Å². The standard InChI is InChI=1S/C25H23Cl3N2O2/c1-2-23(31)30(16-17-8-11-20(26)12-9-17)24(18-6-4-3-5-7-18)25(32)29-15-19-10-13-21(27)14-22(19)28/h3-14,24H,2,15-16H2,1H3,(H,29,32)/t24-/m1/s1. The highest BCUT2D eigenvalue weighted by Gasteiger charge is 2.30. The van der Waals surface area contributed by atoms with E-state index in [0.29, 0.717) is 15.1 Å². The molecule has 0 bridgehead atoms. The molecule has 2 amide bonds. The Balaban J connectivity index is 1.90. The fraction of sp³-hybridized carbons (Fsp3) is 0.200. The molecular formula is C25H23Cl3N2O2. The van der Waals surface area contributed by atoms with E-state index in [2.05, 4.69) is 5.32 Å². The summed E-state index contributed by atoms with van der Waals surface area (Å²) in [5.41, 5.74) is 2.34. The lowest BCUT2D eigenvalue weighted by molar-refractivity contribution is -0.141. The number of carbonyl (C=O) groups is 2. The van der Waals surface area contributed by atoms with Gasteiger partial charge in [-0.25, -0.2) is 0 Å². The van der Waals surface area contributed by atoms with Crippen LogP contribution in [0.1, 0.15) is 36.1 Å². The second kappa shape index (κ2) is 11.4. The van der Waals surface area contributed by atoms with Crippen molar-refractivity contribution in [2.24, 2.45) is 0 Å². The Morgan fingerprint density at radius 2 is 1.56 bits per heavy atom.